The molecule has 0 fully saturated rings. The molecule has 0 atom stereocenters. The summed E-state index contributed by atoms with van der Waals surface area (Å²) in [5.74, 6) is 0.00692. The molecule has 0 saturated heterocycles. The first-order valence-corrected chi connectivity index (χ1v) is 14.0. The zero-order chi connectivity index (χ0) is 28.0. The maximum atomic E-state index is 14.0. The first kappa shape index (κ1) is 26.6. The molecule has 8 heteroatoms. The summed E-state index contributed by atoms with van der Waals surface area (Å²) in [5.41, 5.74) is 4.59. The van der Waals surface area contributed by atoms with Crippen molar-refractivity contribution in [1.29, 1.82) is 0 Å². The first-order chi connectivity index (χ1) is 19.5. The molecule has 0 spiro atoms. The molecule has 200 valence electrons. The van der Waals surface area contributed by atoms with Crippen LogP contribution in [0.1, 0.15) is 21.5 Å². The molecule has 40 heavy (non-hydrogen) atoms. The lowest BCUT2D eigenvalue weighted by molar-refractivity contribution is 0.0955. The molecule has 5 rings (SSSR count). The lowest BCUT2D eigenvalue weighted by Crippen LogP contribution is -2.33. The molecule has 0 radical (unpaired) electrons. The second-order valence-corrected chi connectivity index (χ2v) is 10.8. The van der Waals surface area contributed by atoms with Crippen molar-refractivity contribution in [2.45, 2.75) is 11.4 Å². The molecule has 0 unspecified atom stereocenters. The van der Waals surface area contributed by atoms with Gasteiger partial charge in [-0.15, -0.1) is 0 Å². The number of nitrogens with zero attached hydrogens (tertiary/aromatic N) is 2. The minimum atomic E-state index is -4.06. The van der Waals surface area contributed by atoms with Crippen molar-refractivity contribution in [3.63, 3.8) is 0 Å². The number of ether oxygens (including phenoxy) is 1. The monoisotopic (exact) mass is 549 g/mol. The van der Waals surface area contributed by atoms with Crippen LogP contribution in [0.5, 0.6) is 5.75 Å². The van der Waals surface area contributed by atoms with Gasteiger partial charge in [-0.05, 0) is 52.7 Å². The summed E-state index contributed by atoms with van der Waals surface area (Å²) < 4.78 is 34.4. The SMILES string of the molecule is COc1ccc(S(=O)(=O)N(Cc2ccccc2)c2ccccc2C(=O)N/N=C/c2cccc3ccccc23)cc1. The fourth-order valence-corrected chi connectivity index (χ4v) is 5.86. The number of fused-ring (bicyclic) bond motifs is 1. The standard InChI is InChI=1S/C32H27N3O4S/c1-39-27-18-20-28(21-19-27)40(37,38)35(23-24-10-3-2-4-11-24)31-17-8-7-16-30(31)32(36)34-33-22-26-14-9-13-25-12-5-6-15-29(25)26/h2-22H,23H2,1H3,(H,34,36)/b33-22+. The van der Waals surface area contributed by atoms with Gasteiger partial charge in [-0.25, -0.2) is 13.8 Å². The van der Waals surface area contributed by atoms with E-state index in [1.807, 2.05) is 72.8 Å². The van der Waals surface area contributed by atoms with Gasteiger partial charge >= 0.3 is 0 Å². The van der Waals surface area contributed by atoms with Crippen LogP contribution in [0, 0.1) is 0 Å². The quantitative estimate of drug-likeness (QED) is 0.180. The fourth-order valence-electron chi connectivity index (χ4n) is 4.39. The lowest BCUT2D eigenvalue weighted by Gasteiger charge is -2.26. The van der Waals surface area contributed by atoms with Crippen LogP contribution in [0.3, 0.4) is 0 Å². The number of nitrogens with one attached hydrogen (secondary N) is 1. The van der Waals surface area contributed by atoms with Crippen molar-refractivity contribution in [2.24, 2.45) is 5.10 Å². The van der Waals surface area contributed by atoms with Crippen LogP contribution in [-0.4, -0.2) is 27.6 Å². The second kappa shape index (κ2) is 11.8. The van der Waals surface area contributed by atoms with Gasteiger partial charge in [-0.2, -0.15) is 5.10 Å². The number of methoxy groups -OCH3 is 1. The van der Waals surface area contributed by atoms with Gasteiger partial charge in [0.2, 0.25) is 0 Å². The van der Waals surface area contributed by atoms with Gasteiger partial charge in [0.05, 0.1) is 36.0 Å². The Bertz CT molecular complexity index is 1760. The summed E-state index contributed by atoms with van der Waals surface area (Å²) in [6, 6.07) is 35.7. The van der Waals surface area contributed by atoms with Crippen molar-refractivity contribution in [2.75, 3.05) is 11.4 Å². The molecule has 0 aliphatic carbocycles. The Morgan fingerprint density at radius 3 is 2.27 bits per heavy atom. The number of rotatable bonds is 9. The molecule has 7 nitrogen and oxygen atoms in total. The Balaban J connectivity index is 1.49. The molecule has 1 N–H and O–H groups in total. The third kappa shape index (κ3) is 5.72. The van der Waals surface area contributed by atoms with Crippen molar-refractivity contribution in [1.82, 2.24) is 5.43 Å². The summed E-state index contributed by atoms with van der Waals surface area (Å²) in [6.07, 6.45) is 1.58. The van der Waals surface area contributed by atoms with E-state index < -0.39 is 15.9 Å². The number of hydrogen-bond donors (Lipinski definition) is 1. The number of hydrogen-bond acceptors (Lipinski definition) is 5. The third-order valence-electron chi connectivity index (χ3n) is 6.43. The molecule has 5 aromatic rings. The lowest BCUT2D eigenvalue weighted by atomic mass is 10.1. The van der Waals surface area contributed by atoms with Gasteiger partial charge in [-0.1, -0.05) is 84.9 Å². The molecular weight excluding hydrogens is 522 g/mol. The zero-order valence-electron chi connectivity index (χ0n) is 21.8. The Morgan fingerprint density at radius 2 is 1.50 bits per heavy atom. The van der Waals surface area contributed by atoms with Crippen molar-refractivity contribution < 1.29 is 17.9 Å². The highest BCUT2D eigenvalue weighted by Crippen LogP contribution is 2.30. The molecule has 1 amide bonds. The maximum Gasteiger partial charge on any atom is 0.273 e. The second-order valence-electron chi connectivity index (χ2n) is 8.96. The minimum absolute atomic E-state index is 0.0266. The highest BCUT2D eigenvalue weighted by Gasteiger charge is 2.28. The number of amides is 1. The van der Waals surface area contributed by atoms with E-state index >= 15 is 0 Å². The van der Waals surface area contributed by atoms with E-state index in [9.17, 15) is 13.2 Å². The summed E-state index contributed by atoms with van der Waals surface area (Å²) >= 11 is 0. The topological polar surface area (TPSA) is 88.1 Å². The number of carbonyl (C=O) groups is 1. The molecule has 0 aliphatic heterocycles. The number of anilines is 1. The fraction of sp³-hybridized carbons (Fsp3) is 0.0625. The highest BCUT2D eigenvalue weighted by atomic mass is 32.2. The third-order valence-corrected chi connectivity index (χ3v) is 8.20. The van der Waals surface area contributed by atoms with Gasteiger partial charge in [0.25, 0.3) is 15.9 Å². The van der Waals surface area contributed by atoms with Crippen molar-refractivity contribution >= 4 is 38.6 Å². The number of sulfonamides is 1. The van der Waals surface area contributed by atoms with E-state index in [-0.39, 0.29) is 22.7 Å². The first-order valence-electron chi connectivity index (χ1n) is 12.6. The van der Waals surface area contributed by atoms with Gasteiger partial charge in [0, 0.05) is 5.56 Å². The van der Waals surface area contributed by atoms with Gasteiger partial charge < -0.3 is 4.74 Å². The van der Waals surface area contributed by atoms with Crippen molar-refractivity contribution in [3.8, 4) is 5.75 Å². The largest absolute Gasteiger partial charge is 0.497 e. The van der Waals surface area contributed by atoms with E-state index in [4.69, 9.17) is 4.74 Å². The molecular formula is C32H27N3O4S. The average molecular weight is 550 g/mol. The van der Waals surface area contributed by atoms with Crippen LogP contribution in [-0.2, 0) is 16.6 Å². The number of carbonyl (C=O) groups excluding carboxylic acids is 1. The summed E-state index contributed by atoms with van der Waals surface area (Å²) in [4.78, 5) is 13.4. The molecule has 5 aromatic carbocycles. The molecule has 0 bridgehead atoms. The zero-order valence-corrected chi connectivity index (χ0v) is 22.6. The van der Waals surface area contributed by atoms with Crippen LogP contribution in [0.4, 0.5) is 5.69 Å². The normalized spacial score (nSPS) is 11.4. The summed E-state index contributed by atoms with van der Waals surface area (Å²) in [5, 5.41) is 6.25. The Hall–Kier alpha value is -4.95. The number of para-hydroxylation sites is 1. The molecule has 0 saturated carbocycles. The van der Waals surface area contributed by atoms with E-state index in [1.54, 1.807) is 42.6 Å². The van der Waals surface area contributed by atoms with Crippen LogP contribution >= 0.6 is 0 Å². The van der Waals surface area contributed by atoms with Crippen LogP contribution in [0.2, 0.25) is 0 Å². The molecule has 0 aliphatic rings. The Morgan fingerprint density at radius 1 is 0.825 bits per heavy atom. The van der Waals surface area contributed by atoms with Crippen LogP contribution < -0.4 is 14.5 Å². The summed E-state index contributed by atoms with van der Waals surface area (Å²) in [6.45, 7) is 0.0266. The van der Waals surface area contributed by atoms with Crippen LogP contribution in [0.15, 0.2) is 131 Å². The van der Waals surface area contributed by atoms with E-state index in [0.717, 1.165) is 21.9 Å². The average Bonchev–Trinajstić information content (AvgIpc) is 3.00. The van der Waals surface area contributed by atoms with E-state index in [0.29, 0.717) is 5.75 Å². The predicted molar refractivity (Wildman–Crippen MR) is 158 cm³/mol. The van der Waals surface area contributed by atoms with Crippen molar-refractivity contribution in [3.05, 3.63) is 138 Å². The molecule has 0 heterocycles. The van der Waals surface area contributed by atoms with Gasteiger partial charge in [-0.3, -0.25) is 9.10 Å². The summed E-state index contributed by atoms with van der Waals surface area (Å²) in [7, 11) is -2.55. The maximum absolute atomic E-state index is 14.0. The minimum Gasteiger partial charge on any atom is -0.497 e. The Kier molecular flexibility index (Phi) is 7.89. The van der Waals surface area contributed by atoms with Crippen LogP contribution in [0.25, 0.3) is 10.8 Å². The molecule has 0 aromatic heterocycles. The van der Waals surface area contributed by atoms with E-state index in [1.165, 1.54) is 23.5 Å². The predicted octanol–water partition coefficient (Wildman–Crippen LogP) is 6.01. The van der Waals surface area contributed by atoms with Gasteiger partial charge in [0.1, 0.15) is 5.75 Å². The number of benzene rings is 5. The Labute approximate surface area is 233 Å². The smallest absolute Gasteiger partial charge is 0.273 e. The van der Waals surface area contributed by atoms with E-state index in [2.05, 4.69) is 10.5 Å². The highest BCUT2D eigenvalue weighted by molar-refractivity contribution is 7.92. The van der Waals surface area contributed by atoms with Gasteiger partial charge in [0.15, 0.2) is 0 Å². The number of hydrazone groups is 1.